The summed E-state index contributed by atoms with van der Waals surface area (Å²) in [5.41, 5.74) is 0.286. The molecule has 1 saturated heterocycles. The number of aliphatic hydroxyl groups is 1. The summed E-state index contributed by atoms with van der Waals surface area (Å²) in [5, 5.41) is 13.3. The highest BCUT2D eigenvalue weighted by Gasteiger charge is 2.55. The molecule has 2 rings (SSSR count). The lowest BCUT2D eigenvalue weighted by atomic mass is 9.59. The number of nitrogens with one attached hydrogen (secondary N) is 1. The van der Waals surface area contributed by atoms with Crippen LogP contribution in [0.25, 0.3) is 0 Å². The van der Waals surface area contributed by atoms with Crippen LogP contribution in [0.5, 0.6) is 0 Å². The summed E-state index contributed by atoms with van der Waals surface area (Å²) >= 11 is 0. The molecular formula is C19H39N3O. The van der Waals surface area contributed by atoms with Crippen molar-refractivity contribution in [2.75, 3.05) is 40.8 Å². The fourth-order valence-corrected chi connectivity index (χ4v) is 5.19. The summed E-state index contributed by atoms with van der Waals surface area (Å²) in [5.74, 6) is 2.09. The van der Waals surface area contributed by atoms with Gasteiger partial charge in [-0.25, -0.2) is 0 Å². The van der Waals surface area contributed by atoms with Crippen LogP contribution in [0.3, 0.4) is 0 Å². The molecule has 1 aliphatic carbocycles. The molecule has 2 unspecified atom stereocenters. The van der Waals surface area contributed by atoms with Crippen LogP contribution in [0.4, 0.5) is 0 Å². The van der Waals surface area contributed by atoms with Crippen LogP contribution in [-0.2, 0) is 0 Å². The van der Waals surface area contributed by atoms with Crippen molar-refractivity contribution < 1.29 is 5.11 Å². The zero-order valence-electron chi connectivity index (χ0n) is 16.2. The van der Waals surface area contributed by atoms with Gasteiger partial charge in [-0.15, -0.1) is 0 Å². The molecule has 1 heterocycles. The maximum absolute atomic E-state index is 9.91. The van der Waals surface area contributed by atoms with E-state index >= 15 is 0 Å². The van der Waals surface area contributed by atoms with Gasteiger partial charge in [-0.2, -0.15) is 0 Å². The van der Waals surface area contributed by atoms with Crippen LogP contribution in [0.1, 0.15) is 46.5 Å². The molecule has 1 saturated carbocycles. The predicted octanol–water partition coefficient (Wildman–Crippen LogP) is 2.03. The third kappa shape index (κ3) is 3.60. The van der Waals surface area contributed by atoms with Crippen LogP contribution < -0.4 is 5.32 Å². The molecule has 23 heavy (non-hydrogen) atoms. The Morgan fingerprint density at radius 1 is 1.22 bits per heavy atom. The van der Waals surface area contributed by atoms with E-state index in [4.69, 9.17) is 0 Å². The minimum atomic E-state index is 0.286. The van der Waals surface area contributed by atoms with E-state index in [1.807, 2.05) is 0 Å². The Labute approximate surface area is 143 Å². The second kappa shape index (κ2) is 7.81. The Balaban J connectivity index is 2.31. The van der Waals surface area contributed by atoms with E-state index in [0.717, 1.165) is 25.4 Å². The second-order valence-electron chi connectivity index (χ2n) is 8.55. The van der Waals surface area contributed by atoms with E-state index in [0.29, 0.717) is 23.9 Å². The molecular weight excluding hydrogens is 286 g/mol. The van der Waals surface area contributed by atoms with E-state index in [1.54, 1.807) is 0 Å². The van der Waals surface area contributed by atoms with E-state index in [-0.39, 0.29) is 12.1 Å². The van der Waals surface area contributed by atoms with Crippen molar-refractivity contribution in [3.05, 3.63) is 0 Å². The SMILES string of the molecule is CNCC1CC2(C1)[C@@H](C(C)C(C)C)N(C)C(CO)CCCN2C. The van der Waals surface area contributed by atoms with Crippen LogP contribution in [0.15, 0.2) is 0 Å². The normalized spacial score (nSPS) is 38.3. The minimum absolute atomic E-state index is 0.286. The lowest BCUT2D eigenvalue weighted by molar-refractivity contribution is -0.117. The summed E-state index contributed by atoms with van der Waals surface area (Å²) < 4.78 is 0. The second-order valence-corrected chi connectivity index (χ2v) is 8.55. The fraction of sp³-hybridized carbons (Fsp3) is 1.00. The third-order valence-electron chi connectivity index (χ3n) is 6.89. The lowest BCUT2D eigenvalue weighted by Crippen LogP contribution is -2.72. The highest BCUT2D eigenvalue weighted by molar-refractivity contribution is 5.12. The van der Waals surface area contributed by atoms with Gasteiger partial charge in [0.15, 0.2) is 0 Å². The van der Waals surface area contributed by atoms with Gasteiger partial charge in [0.05, 0.1) is 6.61 Å². The van der Waals surface area contributed by atoms with Crippen molar-refractivity contribution in [3.8, 4) is 0 Å². The van der Waals surface area contributed by atoms with E-state index in [1.165, 1.54) is 19.3 Å². The summed E-state index contributed by atoms with van der Waals surface area (Å²) in [6.45, 7) is 9.70. The molecule has 1 spiro atoms. The molecule has 2 fully saturated rings. The first kappa shape index (κ1) is 19.2. The number of nitrogens with zero attached hydrogens (tertiary/aromatic N) is 2. The fourth-order valence-electron chi connectivity index (χ4n) is 5.19. The monoisotopic (exact) mass is 325 g/mol. The lowest BCUT2D eigenvalue weighted by Gasteiger charge is -2.63. The standard InChI is InChI=1S/C19H39N3O/c1-14(2)15(3)18-19(10-16(11-19)12-20-4)21(5)9-7-8-17(13-23)22(18)6/h14-18,20,23H,7-13H2,1-6H3/t15?,16?,17?,18-,19?/m1/s1. The highest BCUT2D eigenvalue weighted by atomic mass is 16.3. The van der Waals surface area contributed by atoms with Crippen molar-refractivity contribution >= 4 is 0 Å². The van der Waals surface area contributed by atoms with Gasteiger partial charge in [-0.1, -0.05) is 20.8 Å². The van der Waals surface area contributed by atoms with Gasteiger partial charge in [-0.05, 0) is 77.7 Å². The maximum Gasteiger partial charge on any atom is 0.0586 e. The quantitative estimate of drug-likeness (QED) is 0.811. The number of likely N-dealkylation sites (N-methyl/N-ethyl adjacent to an activating group) is 2. The summed E-state index contributed by atoms with van der Waals surface area (Å²) in [4.78, 5) is 5.20. The Kier molecular flexibility index (Phi) is 6.51. The van der Waals surface area contributed by atoms with Crippen LogP contribution >= 0.6 is 0 Å². The summed E-state index contributed by atoms with van der Waals surface area (Å²) in [6.07, 6.45) is 4.87. The van der Waals surface area contributed by atoms with Gasteiger partial charge in [0, 0.05) is 17.6 Å². The Morgan fingerprint density at radius 2 is 1.87 bits per heavy atom. The van der Waals surface area contributed by atoms with Gasteiger partial charge >= 0.3 is 0 Å². The van der Waals surface area contributed by atoms with Crippen molar-refractivity contribution in [1.29, 1.82) is 0 Å². The van der Waals surface area contributed by atoms with Crippen molar-refractivity contribution in [2.24, 2.45) is 17.8 Å². The number of rotatable bonds is 5. The van der Waals surface area contributed by atoms with Gasteiger partial charge in [0.1, 0.15) is 0 Å². The first-order chi connectivity index (χ1) is 10.9. The van der Waals surface area contributed by atoms with Gasteiger partial charge in [0.2, 0.25) is 0 Å². The predicted molar refractivity (Wildman–Crippen MR) is 97.7 cm³/mol. The molecule has 0 amide bonds. The molecule has 3 atom stereocenters. The number of hydrogen-bond donors (Lipinski definition) is 2. The molecule has 0 radical (unpaired) electrons. The molecule has 0 bridgehead atoms. The van der Waals surface area contributed by atoms with Gasteiger partial charge in [-0.3, -0.25) is 9.80 Å². The van der Waals surface area contributed by atoms with Crippen LogP contribution in [0.2, 0.25) is 0 Å². The minimum Gasteiger partial charge on any atom is -0.395 e. The molecule has 2 aliphatic rings. The van der Waals surface area contributed by atoms with Crippen molar-refractivity contribution in [1.82, 2.24) is 15.1 Å². The molecule has 1 aliphatic heterocycles. The molecule has 0 aromatic carbocycles. The topological polar surface area (TPSA) is 38.7 Å². The van der Waals surface area contributed by atoms with Gasteiger partial charge in [0.25, 0.3) is 0 Å². The number of hydrogen-bond acceptors (Lipinski definition) is 4. The Bertz CT molecular complexity index is 368. The first-order valence-corrected chi connectivity index (χ1v) is 9.56. The zero-order chi connectivity index (χ0) is 17.2. The molecule has 0 aromatic rings. The maximum atomic E-state index is 9.91. The molecule has 4 nitrogen and oxygen atoms in total. The third-order valence-corrected chi connectivity index (χ3v) is 6.89. The largest absolute Gasteiger partial charge is 0.395 e. The molecule has 4 heteroatoms. The summed E-state index contributed by atoms with van der Waals surface area (Å²) in [7, 11) is 6.66. The van der Waals surface area contributed by atoms with Crippen molar-refractivity contribution in [2.45, 2.75) is 64.1 Å². The zero-order valence-corrected chi connectivity index (χ0v) is 16.2. The van der Waals surface area contributed by atoms with Crippen LogP contribution in [0, 0.1) is 17.8 Å². The van der Waals surface area contributed by atoms with Crippen molar-refractivity contribution in [3.63, 3.8) is 0 Å². The van der Waals surface area contributed by atoms with E-state index in [2.05, 4.69) is 57.0 Å². The molecule has 2 N–H and O–H groups in total. The molecule has 136 valence electrons. The first-order valence-electron chi connectivity index (χ1n) is 9.56. The Morgan fingerprint density at radius 3 is 2.39 bits per heavy atom. The summed E-state index contributed by atoms with van der Waals surface area (Å²) in [6, 6.07) is 0.841. The average Bonchev–Trinajstić information content (AvgIpc) is 2.47. The molecule has 0 aromatic heterocycles. The Hall–Kier alpha value is -0.160. The van der Waals surface area contributed by atoms with E-state index in [9.17, 15) is 5.11 Å². The van der Waals surface area contributed by atoms with E-state index < -0.39 is 0 Å². The number of aliphatic hydroxyl groups excluding tert-OH is 1. The highest BCUT2D eigenvalue weighted by Crippen LogP contribution is 2.49. The average molecular weight is 326 g/mol. The smallest absolute Gasteiger partial charge is 0.0586 e. The van der Waals surface area contributed by atoms with Gasteiger partial charge < -0.3 is 10.4 Å². The van der Waals surface area contributed by atoms with Crippen LogP contribution in [-0.4, -0.2) is 73.4 Å².